The number of hydrogen-bond donors (Lipinski definition) is 2. The van der Waals surface area contributed by atoms with Crippen molar-refractivity contribution in [1.29, 1.82) is 0 Å². The Bertz CT molecular complexity index is 464. The van der Waals surface area contributed by atoms with Crippen LogP contribution in [-0.2, 0) is 4.79 Å². The minimum Gasteiger partial charge on any atom is -0.324 e. The number of hydrogen-bond acceptors (Lipinski definition) is 2. The van der Waals surface area contributed by atoms with Gasteiger partial charge >= 0.3 is 0 Å². The van der Waals surface area contributed by atoms with Gasteiger partial charge in [0.2, 0.25) is 5.91 Å². The molecule has 98 valence electrons. The van der Waals surface area contributed by atoms with Crippen molar-refractivity contribution < 1.29 is 4.79 Å². The van der Waals surface area contributed by atoms with E-state index in [1.165, 1.54) is 5.56 Å². The Hall–Kier alpha value is -1.35. The number of aryl methyl sites for hydroxylation is 2. The van der Waals surface area contributed by atoms with Gasteiger partial charge in [0.05, 0.1) is 0 Å². The SMILES string of the molecule is CCC(CC)NC1C(=O)Nc2c(C)ccc(C)c21. The molecule has 3 heteroatoms. The topological polar surface area (TPSA) is 41.1 Å². The fraction of sp³-hybridized carbons (Fsp3) is 0.533. The minimum absolute atomic E-state index is 0.0781. The molecule has 18 heavy (non-hydrogen) atoms. The summed E-state index contributed by atoms with van der Waals surface area (Å²) in [5.74, 6) is 0.0781. The molecule has 0 saturated carbocycles. The van der Waals surface area contributed by atoms with Crippen molar-refractivity contribution in [2.75, 3.05) is 5.32 Å². The molecule has 1 aromatic rings. The molecule has 0 aromatic heterocycles. The number of carbonyl (C=O) groups excluding carboxylic acids is 1. The van der Waals surface area contributed by atoms with Crippen molar-refractivity contribution in [3.63, 3.8) is 0 Å². The summed E-state index contributed by atoms with van der Waals surface area (Å²) in [4.78, 5) is 12.1. The molecule has 0 radical (unpaired) electrons. The van der Waals surface area contributed by atoms with Crippen LogP contribution in [0.4, 0.5) is 5.69 Å². The van der Waals surface area contributed by atoms with Gasteiger partial charge in [0.25, 0.3) is 0 Å². The molecule has 2 rings (SSSR count). The lowest BCUT2D eigenvalue weighted by Crippen LogP contribution is -2.35. The predicted molar refractivity (Wildman–Crippen MR) is 74.8 cm³/mol. The summed E-state index contributed by atoms with van der Waals surface area (Å²) < 4.78 is 0. The molecule has 1 amide bonds. The lowest BCUT2D eigenvalue weighted by molar-refractivity contribution is -0.117. The van der Waals surface area contributed by atoms with E-state index in [2.05, 4.69) is 43.5 Å². The van der Waals surface area contributed by atoms with E-state index in [1.807, 2.05) is 6.92 Å². The zero-order valence-corrected chi connectivity index (χ0v) is 11.6. The van der Waals surface area contributed by atoms with Crippen LogP contribution in [0.3, 0.4) is 0 Å². The van der Waals surface area contributed by atoms with Crippen molar-refractivity contribution in [2.45, 2.75) is 52.6 Å². The molecule has 0 aliphatic carbocycles. The molecule has 1 unspecified atom stereocenters. The number of nitrogens with one attached hydrogen (secondary N) is 2. The Morgan fingerprint density at radius 2 is 1.83 bits per heavy atom. The number of rotatable bonds is 4. The van der Waals surface area contributed by atoms with Gasteiger partial charge in [-0.2, -0.15) is 0 Å². The Labute approximate surface area is 109 Å². The zero-order valence-electron chi connectivity index (χ0n) is 11.6. The fourth-order valence-corrected chi connectivity index (χ4v) is 2.62. The Morgan fingerprint density at radius 1 is 1.22 bits per heavy atom. The third kappa shape index (κ3) is 2.15. The van der Waals surface area contributed by atoms with E-state index in [0.29, 0.717) is 6.04 Å². The molecule has 1 atom stereocenters. The first kappa shape index (κ1) is 13.1. The van der Waals surface area contributed by atoms with E-state index in [0.717, 1.165) is 29.7 Å². The summed E-state index contributed by atoms with van der Waals surface area (Å²) in [6, 6.07) is 4.36. The van der Waals surface area contributed by atoms with Gasteiger partial charge in [-0.25, -0.2) is 0 Å². The van der Waals surface area contributed by atoms with Crippen molar-refractivity contribution in [1.82, 2.24) is 5.32 Å². The van der Waals surface area contributed by atoms with Crippen LogP contribution in [-0.4, -0.2) is 11.9 Å². The van der Waals surface area contributed by atoms with Crippen molar-refractivity contribution in [3.05, 3.63) is 28.8 Å². The lowest BCUT2D eigenvalue weighted by atomic mass is 9.98. The highest BCUT2D eigenvalue weighted by Crippen LogP contribution is 2.36. The van der Waals surface area contributed by atoms with E-state index in [9.17, 15) is 4.79 Å². The Balaban J connectivity index is 2.35. The second-order valence-corrected chi connectivity index (χ2v) is 5.09. The summed E-state index contributed by atoms with van der Waals surface area (Å²) in [6.07, 6.45) is 2.08. The third-order valence-corrected chi connectivity index (χ3v) is 3.86. The number of carbonyl (C=O) groups is 1. The van der Waals surface area contributed by atoms with Crippen LogP contribution in [0.25, 0.3) is 0 Å². The maximum atomic E-state index is 12.1. The maximum Gasteiger partial charge on any atom is 0.246 e. The van der Waals surface area contributed by atoms with Crippen LogP contribution in [0.2, 0.25) is 0 Å². The summed E-state index contributed by atoms with van der Waals surface area (Å²) in [5, 5.41) is 6.49. The summed E-state index contributed by atoms with van der Waals surface area (Å²) in [6.45, 7) is 8.41. The first-order valence-electron chi connectivity index (χ1n) is 6.75. The Kier molecular flexibility index (Phi) is 3.71. The van der Waals surface area contributed by atoms with Gasteiger partial charge in [0, 0.05) is 17.3 Å². The minimum atomic E-state index is -0.190. The first-order valence-corrected chi connectivity index (χ1v) is 6.75. The second-order valence-electron chi connectivity index (χ2n) is 5.09. The quantitative estimate of drug-likeness (QED) is 0.857. The summed E-state index contributed by atoms with van der Waals surface area (Å²) in [5.41, 5.74) is 4.45. The summed E-state index contributed by atoms with van der Waals surface area (Å²) >= 11 is 0. The van der Waals surface area contributed by atoms with E-state index in [1.54, 1.807) is 0 Å². The van der Waals surface area contributed by atoms with Gasteiger partial charge in [0.15, 0.2) is 0 Å². The van der Waals surface area contributed by atoms with Gasteiger partial charge in [-0.05, 0) is 37.8 Å². The van der Waals surface area contributed by atoms with E-state index >= 15 is 0 Å². The average molecular weight is 246 g/mol. The molecule has 1 aliphatic rings. The Morgan fingerprint density at radius 3 is 2.44 bits per heavy atom. The van der Waals surface area contributed by atoms with Crippen molar-refractivity contribution in [2.24, 2.45) is 0 Å². The number of fused-ring (bicyclic) bond motifs is 1. The lowest BCUT2D eigenvalue weighted by Gasteiger charge is -2.20. The van der Waals surface area contributed by atoms with E-state index in [-0.39, 0.29) is 11.9 Å². The molecule has 1 heterocycles. The molecule has 0 spiro atoms. The van der Waals surface area contributed by atoms with Crippen LogP contribution < -0.4 is 10.6 Å². The van der Waals surface area contributed by atoms with Crippen molar-refractivity contribution in [3.8, 4) is 0 Å². The monoisotopic (exact) mass is 246 g/mol. The molecule has 1 aromatic carbocycles. The third-order valence-electron chi connectivity index (χ3n) is 3.86. The molecule has 3 nitrogen and oxygen atoms in total. The number of amides is 1. The molecule has 2 N–H and O–H groups in total. The van der Waals surface area contributed by atoms with Crippen LogP contribution in [0.15, 0.2) is 12.1 Å². The highest BCUT2D eigenvalue weighted by atomic mass is 16.2. The van der Waals surface area contributed by atoms with E-state index < -0.39 is 0 Å². The molecule has 0 bridgehead atoms. The maximum absolute atomic E-state index is 12.1. The van der Waals surface area contributed by atoms with Crippen LogP contribution >= 0.6 is 0 Å². The average Bonchev–Trinajstić information content (AvgIpc) is 2.69. The largest absolute Gasteiger partial charge is 0.324 e. The number of anilines is 1. The molecule has 1 aliphatic heterocycles. The first-order chi connectivity index (χ1) is 8.58. The van der Waals surface area contributed by atoms with Crippen LogP contribution in [0.5, 0.6) is 0 Å². The van der Waals surface area contributed by atoms with Gasteiger partial charge in [0.1, 0.15) is 6.04 Å². The zero-order chi connectivity index (χ0) is 13.3. The smallest absolute Gasteiger partial charge is 0.246 e. The van der Waals surface area contributed by atoms with Gasteiger partial charge in [-0.1, -0.05) is 26.0 Å². The second kappa shape index (κ2) is 5.11. The van der Waals surface area contributed by atoms with E-state index in [4.69, 9.17) is 0 Å². The standard InChI is InChI=1S/C15H22N2O/c1-5-11(6-2)16-14-12-9(3)7-8-10(4)13(12)17-15(14)18/h7-8,11,14,16H,5-6H2,1-4H3,(H,17,18). The highest BCUT2D eigenvalue weighted by Gasteiger charge is 2.33. The highest BCUT2D eigenvalue weighted by molar-refractivity contribution is 6.03. The van der Waals surface area contributed by atoms with Crippen LogP contribution in [0.1, 0.15) is 49.4 Å². The number of benzene rings is 1. The predicted octanol–water partition coefficient (Wildman–Crippen LogP) is 3.07. The van der Waals surface area contributed by atoms with Gasteiger partial charge in [-0.3, -0.25) is 10.1 Å². The fourth-order valence-electron chi connectivity index (χ4n) is 2.62. The van der Waals surface area contributed by atoms with Gasteiger partial charge < -0.3 is 5.32 Å². The molecule has 0 saturated heterocycles. The van der Waals surface area contributed by atoms with Crippen LogP contribution in [0, 0.1) is 13.8 Å². The molecule has 0 fully saturated rings. The normalized spacial score (nSPS) is 18.1. The van der Waals surface area contributed by atoms with Gasteiger partial charge in [-0.15, -0.1) is 0 Å². The van der Waals surface area contributed by atoms with Crippen molar-refractivity contribution >= 4 is 11.6 Å². The molecular formula is C15H22N2O. The summed E-state index contributed by atoms with van der Waals surface area (Å²) in [7, 11) is 0. The molecular weight excluding hydrogens is 224 g/mol.